The molecule has 1 aliphatic heterocycles. The summed E-state index contributed by atoms with van der Waals surface area (Å²) >= 11 is 0. The van der Waals surface area contributed by atoms with Crippen molar-refractivity contribution in [2.45, 2.75) is 75.4 Å². The molecule has 0 unspecified atom stereocenters. The van der Waals surface area contributed by atoms with Crippen molar-refractivity contribution in [1.82, 2.24) is 0 Å². The molecule has 0 radical (unpaired) electrons. The third kappa shape index (κ3) is 6.84. The van der Waals surface area contributed by atoms with Gasteiger partial charge in [-0.15, -0.1) is 0 Å². The number of alkyl halides is 6. The van der Waals surface area contributed by atoms with E-state index in [-0.39, 0.29) is 24.5 Å². The highest BCUT2D eigenvalue weighted by Gasteiger charge is 2.48. The molecule has 0 amide bonds. The van der Waals surface area contributed by atoms with E-state index in [1.54, 1.807) is 0 Å². The zero-order valence-electron chi connectivity index (χ0n) is 16.4. The van der Waals surface area contributed by atoms with Gasteiger partial charge in [0.2, 0.25) is 0 Å². The zero-order chi connectivity index (χ0) is 23.4. The smallest absolute Gasteiger partial charge is 0.416 e. The Hall–Kier alpha value is -2.30. The molecule has 5 nitrogen and oxygen atoms in total. The van der Waals surface area contributed by atoms with Gasteiger partial charge < -0.3 is 14.9 Å². The average molecular weight is 456 g/mol. The molecule has 2 rings (SSSR count). The highest BCUT2D eigenvalue weighted by molar-refractivity contribution is 5.86. The van der Waals surface area contributed by atoms with Crippen molar-refractivity contribution in [3.8, 4) is 0 Å². The molecule has 0 spiro atoms. The first-order valence-electron chi connectivity index (χ1n) is 9.65. The van der Waals surface area contributed by atoms with Crippen LogP contribution in [0.1, 0.15) is 61.6 Å². The lowest BCUT2D eigenvalue weighted by Crippen LogP contribution is -2.36. The summed E-state index contributed by atoms with van der Waals surface area (Å²) in [6, 6.07) is 1.62. The number of esters is 1. The van der Waals surface area contributed by atoms with E-state index in [1.807, 2.05) is 0 Å². The predicted octanol–water partition coefficient (Wildman–Crippen LogP) is 4.74. The van der Waals surface area contributed by atoms with Crippen LogP contribution in [0.4, 0.5) is 26.3 Å². The first-order valence-corrected chi connectivity index (χ1v) is 9.65. The lowest BCUT2D eigenvalue weighted by atomic mass is 9.93. The van der Waals surface area contributed by atoms with Crippen molar-refractivity contribution in [2.75, 3.05) is 0 Å². The van der Waals surface area contributed by atoms with Gasteiger partial charge in [0.1, 0.15) is 6.10 Å². The maximum absolute atomic E-state index is 13.1. The third-order valence-corrected chi connectivity index (χ3v) is 5.13. The van der Waals surface area contributed by atoms with Gasteiger partial charge in [0.05, 0.1) is 17.5 Å². The molecule has 174 valence electrons. The van der Waals surface area contributed by atoms with E-state index in [4.69, 9.17) is 9.84 Å². The molecule has 1 aliphatic rings. The predicted molar refractivity (Wildman–Crippen MR) is 94.9 cm³/mol. The van der Waals surface area contributed by atoms with E-state index >= 15 is 0 Å². The second kappa shape index (κ2) is 9.46. The number of aliphatic hydroxyl groups is 1. The summed E-state index contributed by atoms with van der Waals surface area (Å²) in [5.41, 5.74) is -4.90. The van der Waals surface area contributed by atoms with Gasteiger partial charge >= 0.3 is 24.3 Å². The molecule has 2 atom stereocenters. The fraction of sp³-hybridized carbons (Fsp3) is 0.600. The number of carbonyl (C=O) groups is 2. The Morgan fingerprint density at radius 1 is 1.06 bits per heavy atom. The van der Waals surface area contributed by atoms with Gasteiger partial charge in [-0.05, 0) is 43.4 Å². The topological polar surface area (TPSA) is 83.8 Å². The summed E-state index contributed by atoms with van der Waals surface area (Å²) in [4.78, 5) is 22.4. The molecule has 1 aromatic carbocycles. The number of halogens is 6. The number of rotatable bonds is 9. The largest absolute Gasteiger partial charge is 0.481 e. The van der Waals surface area contributed by atoms with E-state index in [0.717, 1.165) is 6.07 Å². The second-order valence-electron chi connectivity index (χ2n) is 7.65. The molecular formula is C20H22F6O5. The number of carbonyl (C=O) groups excluding carboxylic acids is 1. The first-order chi connectivity index (χ1) is 14.2. The van der Waals surface area contributed by atoms with Crippen LogP contribution in [0.25, 0.3) is 0 Å². The monoisotopic (exact) mass is 456 g/mol. The van der Waals surface area contributed by atoms with Gasteiger partial charge in [-0.3, -0.25) is 4.79 Å². The molecular weight excluding hydrogens is 434 g/mol. The van der Waals surface area contributed by atoms with Gasteiger partial charge in [-0.1, -0.05) is 18.9 Å². The van der Waals surface area contributed by atoms with E-state index in [0.29, 0.717) is 38.2 Å². The summed E-state index contributed by atoms with van der Waals surface area (Å²) in [5, 5.41) is 18.8. The van der Waals surface area contributed by atoms with Gasteiger partial charge in [-0.2, -0.15) is 26.3 Å². The normalized spacial score (nSPS) is 21.9. The second-order valence-corrected chi connectivity index (χ2v) is 7.65. The number of carboxylic acid groups (broad SMARTS) is 1. The quantitative estimate of drug-likeness (QED) is 0.319. The molecule has 0 aliphatic carbocycles. The SMILES string of the molecule is O=C(O)C[C@]1(O)C[C@H](CCCCCCc2ccc(C(F)(F)F)cc2C(F)(F)F)OC1=O. The van der Waals surface area contributed by atoms with E-state index in [9.17, 15) is 41.0 Å². The van der Waals surface area contributed by atoms with Crippen molar-refractivity contribution in [2.24, 2.45) is 0 Å². The zero-order valence-corrected chi connectivity index (χ0v) is 16.4. The molecule has 0 bridgehead atoms. The van der Waals surface area contributed by atoms with E-state index in [1.165, 1.54) is 0 Å². The van der Waals surface area contributed by atoms with Crippen LogP contribution in [0.3, 0.4) is 0 Å². The number of benzene rings is 1. The number of hydrogen-bond donors (Lipinski definition) is 2. The van der Waals surface area contributed by atoms with Crippen LogP contribution in [0.2, 0.25) is 0 Å². The number of cyclic esters (lactones) is 1. The van der Waals surface area contributed by atoms with E-state index < -0.39 is 53.5 Å². The fourth-order valence-corrected chi connectivity index (χ4v) is 3.59. The van der Waals surface area contributed by atoms with Crippen molar-refractivity contribution >= 4 is 11.9 Å². The summed E-state index contributed by atoms with van der Waals surface area (Å²) in [7, 11) is 0. The number of unbranched alkanes of at least 4 members (excludes halogenated alkanes) is 3. The number of aryl methyl sites for hydroxylation is 1. The number of ether oxygens (including phenoxy) is 1. The lowest BCUT2D eigenvalue weighted by Gasteiger charge is -2.16. The van der Waals surface area contributed by atoms with Gasteiger partial charge in [-0.25, -0.2) is 4.79 Å². The summed E-state index contributed by atoms with van der Waals surface area (Å²) < 4.78 is 82.5. The highest BCUT2D eigenvalue weighted by atomic mass is 19.4. The van der Waals surface area contributed by atoms with Crippen LogP contribution >= 0.6 is 0 Å². The summed E-state index contributed by atoms with van der Waals surface area (Å²) in [6.07, 6.45) is -9.05. The van der Waals surface area contributed by atoms with E-state index in [2.05, 4.69) is 0 Å². The molecule has 31 heavy (non-hydrogen) atoms. The number of hydrogen-bond acceptors (Lipinski definition) is 4. The molecule has 0 saturated carbocycles. The Morgan fingerprint density at radius 2 is 1.71 bits per heavy atom. The van der Waals surface area contributed by atoms with Crippen molar-refractivity contribution in [3.05, 3.63) is 34.9 Å². The van der Waals surface area contributed by atoms with Crippen LogP contribution < -0.4 is 0 Å². The van der Waals surface area contributed by atoms with Crippen LogP contribution in [0.5, 0.6) is 0 Å². The number of carboxylic acids is 1. The number of aliphatic carboxylic acids is 1. The average Bonchev–Trinajstić information content (AvgIpc) is 2.89. The molecule has 1 saturated heterocycles. The molecule has 1 heterocycles. The Kier molecular flexibility index (Phi) is 7.61. The van der Waals surface area contributed by atoms with Gasteiger partial charge in [0, 0.05) is 6.42 Å². The van der Waals surface area contributed by atoms with Crippen LogP contribution in [0, 0.1) is 0 Å². The third-order valence-electron chi connectivity index (χ3n) is 5.13. The van der Waals surface area contributed by atoms with Crippen molar-refractivity contribution < 1.29 is 50.9 Å². The Labute approximate surface area is 174 Å². The summed E-state index contributed by atoms with van der Waals surface area (Å²) in [6.45, 7) is 0. The van der Waals surface area contributed by atoms with Crippen molar-refractivity contribution in [3.63, 3.8) is 0 Å². The van der Waals surface area contributed by atoms with Gasteiger partial charge in [0.15, 0.2) is 5.60 Å². The molecule has 11 heteroatoms. The highest BCUT2D eigenvalue weighted by Crippen LogP contribution is 2.38. The van der Waals surface area contributed by atoms with Gasteiger partial charge in [0.25, 0.3) is 0 Å². The lowest BCUT2D eigenvalue weighted by molar-refractivity contribution is -0.160. The Morgan fingerprint density at radius 3 is 2.29 bits per heavy atom. The minimum atomic E-state index is -4.89. The van der Waals surface area contributed by atoms with Crippen LogP contribution in [-0.2, 0) is 33.1 Å². The molecule has 1 fully saturated rings. The Bertz CT molecular complexity index is 804. The maximum atomic E-state index is 13.1. The van der Waals surface area contributed by atoms with Crippen LogP contribution in [0.15, 0.2) is 18.2 Å². The van der Waals surface area contributed by atoms with Crippen molar-refractivity contribution in [1.29, 1.82) is 0 Å². The van der Waals surface area contributed by atoms with Crippen LogP contribution in [-0.4, -0.2) is 33.9 Å². The molecule has 0 aromatic heterocycles. The standard InChI is InChI=1S/C20H22F6O5/c21-19(22,23)13-8-7-12(15(9-13)20(24,25)26)5-3-1-2-4-6-14-10-18(30,11-16(27)28)17(29)31-14/h7-9,14,30H,1-6,10-11H2,(H,27,28)/t14-,18+/m0/s1. The molecule has 2 N–H and O–H groups in total. The molecule has 1 aromatic rings. The summed E-state index contributed by atoms with van der Waals surface area (Å²) in [5.74, 6) is -2.32. The minimum absolute atomic E-state index is 0.0379. The maximum Gasteiger partial charge on any atom is 0.416 e. The first kappa shape index (κ1) is 25.0. The minimum Gasteiger partial charge on any atom is -0.481 e. The Balaban J connectivity index is 1.81. The fourth-order valence-electron chi connectivity index (χ4n) is 3.59.